The highest BCUT2D eigenvalue weighted by Gasteiger charge is 2.21. The Bertz CT molecular complexity index is 557. The molecule has 0 aromatic heterocycles. The minimum atomic E-state index is -0.890. The molecule has 0 amide bonds. The van der Waals surface area contributed by atoms with Gasteiger partial charge in [-0.15, -0.1) is 6.58 Å². The van der Waals surface area contributed by atoms with Gasteiger partial charge in [-0.1, -0.05) is 43.9 Å². The van der Waals surface area contributed by atoms with Crippen LogP contribution in [-0.2, 0) is 6.42 Å². The van der Waals surface area contributed by atoms with Gasteiger partial charge in [0, 0.05) is 0 Å². The van der Waals surface area contributed by atoms with Crippen LogP contribution in [-0.4, -0.2) is 0 Å². The Hall–Kier alpha value is -1.64. The van der Waals surface area contributed by atoms with Gasteiger partial charge in [-0.3, -0.25) is 0 Å². The Kier molecular flexibility index (Phi) is 7.48. The van der Waals surface area contributed by atoms with Gasteiger partial charge in [0.1, 0.15) is 0 Å². The number of allylic oxidation sites excluding steroid dienone is 2. The summed E-state index contributed by atoms with van der Waals surface area (Å²) in [5.41, 5.74) is 0.453. The van der Waals surface area contributed by atoms with Crippen LogP contribution in [0.2, 0.25) is 0 Å². The summed E-state index contributed by atoms with van der Waals surface area (Å²) in [6.45, 7) is 5.54. The molecule has 0 N–H and O–H groups in total. The minimum absolute atomic E-state index is 0.0583. The van der Waals surface area contributed by atoms with E-state index in [1.165, 1.54) is 44.4 Å². The van der Waals surface area contributed by atoms with Crippen molar-refractivity contribution >= 4 is 0 Å². The van der Waals surface area contributed by atoms with Crippen LogP contribution in [0, 0.1) is 23.5 Å². The molecule has 1 aliphatic rings. The summed E-state index contributed by atoms with van der Waals surface area (Å²) in [6, 6.07) is 3.16. The van der Waals surface area contributed by atoms with E-state index in [9.17, 15) is 8.78 Å². The van der Waals surface area contributed by atoms with Crippen molar-refractivity contribution in [1.82, 2.24) is 0 Å². The summed E-state index contributed by atoms with van der Waals surface area (Å²) >= 11 is 0. The maximum atomic E-state index is 14.2. The molecule has 132 valence electrons. The van der Waals surface area contributed by atoms with Gasteiger partial charge < -0.3 is 4.74 Å². The third-order valence-electron chi connectivity index (χ3n) is 5.03. The topological polar surface area (TPSA) is 9.23 Å². The molecule has 24 heavy (non-hydrogen) atoms. The molecule has 2 rings (SSSR count). The molecule has 1 saturated carbocycles. The zero-order chi connectivity index (χ0) is 17.4. The maximum absolute atomic E-state index is 14.2. The molecule has 0 spiro atoms. The fourth-order valence-electron chi connectivity index (χ4n) is 3.52. The number of hydrogen-bond donors (Lipinski definition) is 0. The highest BCUT2D eigenvalue weighted by molar-refractivity contribution is 5.31. The number of benzene rings is 1. The van der Waals surface area contributed by atoms with Gasteiger partial charge in [0.2, 0.25) is 5.82 Å². The second kappa shape index (κ2) is 9.61. The third kappa shape index (κ3) is 5.19. The largest absolute Gasteiger partial charge is 0.462 e. The van der Waals surface area contributed by atoms with E-state index in [1.54, 1.807) is 19.1 Å². The summed E-state index contributed by atoms with van der Waals surface area (Å²) in [7, 11) is 0. The van der Waals surface area contributed by atoms with E-state index in [0.717, 1.165) is 18.8 Å². The number of ether oxygens (including phenoxy) is 1. The molecule has 0 aliphatic heterocycles. The predicted octanol–water partition coefficient (Wildman–Crippen LogP) is 6.58. The third-order valence-corrected chi connectivity index (χ3v) is 5.03. The molecule has 1 fully saturated rings. The standard InChI is InChI=1S/C21H28F2O/c1-3-5-6-16-7-9-17(10-8-16)11-12-18-13-14-19(24-15-4-2)21(23)20(18)22/h3-4,13-17H,1,5-12H2,2H3/b15-4+. The van der Waals surface area contributed by atoms with Crippen LogP contribution in [0.5, 0.6) is 5.75 Å². The summed E-state index contributed by atoms with van der Waals surface area (Å²) in [5.74, 6) is -0.268. The Balaban J connectivity index is 1.84. The molecule has 1 nitrogen and oxygen atoms in total. The average molecular weight is 334 g/mol. The first kappa shape index (κ1) is 18.7. The van der Waals surface area contributed by atoms with Gasteiger partial charge in [-0.05, 0) is 56.1 Å². The fraction of sp³-hybridized carbons (Fsp3) is 0.524. The van der Waals surface area contributed by atoms with Gasteiger partial charge in [0.05, 0.1) is 6.26 Å². The lowest BCUT2D eigenvalue weighted by Gasteiger charge is -2.28. The Morgan fingerprint density at radius 3 is 2.38 bits per heavy atom. The second-order valence-electron chi connectivity index (χ2n) is 6.73. The molecule has 0 bridgehead atoms. The van der Waals surface area contributed by atoms with Crippen molar-refractivity contribution in [3.8, 4) is 5.75 Å². The molecular formula is C21H28F2O. The molecule has 0 saturated heterocycles. The highest BCUT2D eigenvalue weighted by Crippen LogP contribution is 2.34. The van der Waals surface area contributed by atoms with Crippen LogP contribution in [0.25, 0.3) is 0 Å². The van der Waals surface area contributed by atoms with Crippen molar-refractivity contribution < 1.29 is 13.5 Å². The number of halogens is 2. The lowest BCUT2D eigenvalue weighted by Crippen LogP contribution is -2.15. The number of hydrogen-bond acceptors (Lipinski definition) is 1. The van der Waals surface area contributed by atoms with Crippen LogP contribution in [0.3, 0.4) is 0 Å². The molecule has 3 heteroatoms. The maximum Gasteiger partial charge on any atom is 0.201 e. The molecule has 1 aromatic carbocycles. The van der Waals surface area contributed by atoms with Crippen molar-refractivity contribution in [2.45, 2.75) is 58.3 Å². The molecule has 1 aromatic rings. The monoisotopic (exact) mass is 334 g/mol. The van der Waals surface area contributed by atoms with Crippen LogP contribution >= 0.6 is 0 Å². The Morgan fingerprint density at radius 1 is 1.08 bits per heavy atom. The quantitative estimate of drug-likeness (QED) is 0.385. The van der Waals surface area contributed by atoms with E-state index in [0.29, 0.717) is 17.9 Å². The van der Waals surface area contributed by atoms with Crippen molar-refractivity contribution in [2.24, 2.45) is 11.8 Å². The SMILES string of the molecule is C=CCCC1CCC(CCc2ccc(O/C=C/C)c(F)c2F)CC1. The molecule has 0 atom stereocenters. The van der Waals surface area contributed by atoms with Gasteiger partial charge >= 0.3 is 0 Å². The van der Waals surface area contributed by atoms with Gasteiger partial charge in [0.25, 0.3) is 0 Å². The molecule has 0 radical (unpaired) electrons. The van der Waals surface area contributed by atoms with Crippen LogP contribution in [0.1, 0.15) is 57.4 Å². The minimum Gasteiger partial charge on any atom is -0.462 e. The van der Waals surface area contributed by atoms with Gasteiger partial charge in [-0.2, -0.15) is 4.39 Å². The molecule has 0 unspecified atom stereocenters. The Labute approximate surface area is 144 Å². The first-order valence-electron chi connectivity index (χ1n) is 9.01. The predicted molar refractivity (Wildman–Crippen MR) is 95.0 cm³/mol. The Morgan fingerprint density at radius 2 is 1.75 bits per heavy atom. The van der Waals surface area contributed by atoms with E-state index in [-0.39, 0.29) is 5.75 Å². The van der Waals surface area contributed by atoms with Crippen LogP contribution in [0.15, 0.2) is 37.1 Å². The van der Waals surface area contributed by atoms with Gasteiger partial charge in [-0.25, -0.2) is 4.39 Å². The van der Waals surface area contributed by atoms with E-state index in [1.807, 2.05) is 6.08 Å². The summed E-state index contributed by atoms with van der Waals surface area (Å²) in [6.07, 6.45) is 13.8. The lowest BCUT2D eigenvalue weighted by molar-refractivity contribution is 0.254. The van der Waals surface area contributed by atoms with Crippen LogP contribution < -0.4 is 4.74 Å². The highest BCUT2D eigenvalue weighted by atomic mass is 19.2. The average Bonchev–Trinajstić information content (AvgIpc) is 2.61. The summed E-state index contributed by atoms with van der Waals surface area (Å²) in [4.78, 5) is 0. The van der Waals surface area contributed by atoms with Crippen LogP contribution in [0.4, 0.5) is 8.78 Å². The van der Waals surface area contributed by atoms with Gasteiger partial charge in [0.15, 0.2) is 11.6 Å². The zero-order valence-electron chi connectivity index (χ0n) is 14.6. The lowest BCUT2D eigenvalue weighted by atomic mass is 9.78. The number of aryl methyl sites for hydroxylation is 1. The van der Waals surface area contributed by atoms with E-state index in [2.05, 4.69) is 6.58 Å². The van der Waals surface area contributed by atoms with Crippen molar-refractivity contribution in [3.63, 3.8) is 0 Å². The normalized spacial score (nSPS) is 21.1. The smallest absolute Gasteiger partial charge is 0.201 e. The molecule has 0 heterocycles. The summed E-state index contributed by atoms with van der Waals surface area (Å²) in [5, 5.41) is 0. The van der Waals surface area contributed by atoms with E-state index >= 15 is 0 Å². The number of rotatable bonds is 8. The molecule has 1 aliphatic carbocycles. The first-order chi connectivity index (χ1) is 11.7. The van der Waals surface area contributed by atoms with Crippen molar-refractivity contribution in [3.05, 3.63) is 54.3 Å². The van der Waals surface area contributed by atoms with E-state index in [4.69, 9.17) is 4.74 Å². The van der Waals surface area contributed by atoms with Crippen molar-refractivity contribution in [1.29, 1.82) is 0 Å². The summed E-state index contributed by atoms with van der Waals surface area (Å²) < 4.78 is 33.2. The first-order valence-corrected chi connectivity index (χ1v) is 9.01. The fourth-order valence-corrected chi connectivity index (χ4v) is 3.52. The zero-order valence-corrected chi connectivity index (χ0v) is 14.6. The molecular weight excluding hydrogens is 306 g/mol. The van der Waals surface area contributed by atoms with E-state index < -0.39 is 11.6 Å². The van der Waals surface area contributed by atoms with Crippen molar-refractivity contribution in [2.75, 3.05) is 0 Å². The second-order valence-corrected chi connectivity index (χ2v) is 6.73.